The molecule has 16 heavy (non-hydrogen) atoms. The molecule has 0 amide bonds. The Bertz CT molecular complexity index is 502. The summed E-state index contributed by atoms with van der Waals surface area (Å²) < 4.78 is 5.15. The van der Waals surface area contributed by atoms with E-state index in [0.717, 1.165) is 0 Å². The minimum Gasteiger partial charge on any atom is -0.332 e. The number of aromatic nitrogens is 3. The third-order valence-electron chi connectivity index (χ3n) is 2.03. The van der Waals surface area contributed by atoms with Crippen molar-refractivity contribution in [2.75, 3.05) is 0 Å². The van der Waals surface area contributed by atoms with E-state index in [1.807, 2.05) is 20.8 Å². The molecule has 0 aromatic carbocycles. The first kappa shape index (κ1) is 11.1. The average Bonchev–Trinajstić information content (AvgIpc) is 2.65. The van der Waals surface area contributed by atoms with Crippen LogP contribution in [0.25, 0.3) is 11.6 Å². The fourth-order valence-corrected chi connectivity index (χ4v) is 1.32. The summed E-state index contributed by atoms with van der Waals surface area (Å²) in [7, 11) is 0. The number of hydrogen-bond donors (Lipinski definition) is 0. The summed E-state index contributed by atoms with van der Waals surface area (Å²) in [6, 6.07) is 5.28. The van der Waals surface area contributed by atoms with E-state index in [-0.39, 0.29) is 5.41 Å². The summed E-state index contributed by atoms with van der Waals surface area (Å²) >= 11 is 5.79. The molecule has 2 heterocycles. The Balaban J connectivity index is 2.39. The van der Waals surface area contributed by atoms with E-state index in [9.17, 15) is 0 Å². The Morgan fingerprint density at radius 3 is 2.50 bits per heavy atom. The zero-order valence-electron chi connectivity index (χ0n) is 9.36. The van der Waals surface area contributed by atoms with Crippen molar-refractivity contribution in [3.63, 3.8) is 0 Å². The quantitative estimate of drug-likeness (QED) is 0.716. The van der Waals surface area contributed by atoms with Gasteiger partial charge in [0.25, 0.3) is 5.89 Å². The van der Waals surface area contributed by atoms with Crippen molar-refractivity contribution < 1.29 is 4.52 Å². The van der Waals surface area contributed by atoms with Gasteiger partial charge in [-0.25, -0.2) is 4.98 Å². The van der Waals surface area contributed by atoms with Crippen molar-refractivity contribution in [3.8, 4) is 11.6 Å². The predicted molar refractivity (Wildman–Crippen MR) is 61.2 cm³/mol. The summed E-state index contributed by atoms with van der Waals surface area (Å²) in [6.07, 6.45) is 0. The van der Waals surface area contributed by atoms with Gasteiger partial charge in [-0.1, -0.05) is 43.6 Å². The number of hydrogen-bond acceptors (Lipinski definition) is 4. The number of rotatable bonds is 1. The summed E-state index contributed by atoms with van der Waals surface area (Å²) in [6.45, 7) is 6.06. The third-order valence-corrected chi connectivity index (χ3v) is 2.24. The maximum absolute atomic E-state index is 5.79. The molecule has 5 heteroatoms. The maximum Gasteiger partial charge on any atom is 0.276 e. The van der Waals surface area contributed by atoms with Crippen LogP contribution < -0.4 is 0 Å². The first-order chi connectivity index (χ1) is 7.47. The molecule has 2 rings (SSSR count). The average molecular weight is 238 g/mol. The predicted octanol–water partition coefficient (Wildman–Crippen LogP) is 3.08. The number of pyridine rings is 1. The van der Waals surface area contributed by atoms with E-state index in [1.165, 1.54) is 0 Å². The highest BCUT2D eigenvalue weighted by Crippen LogP contribution is 2.23. The van der Waals surface area contributed by atoms with Gasteiger partial charge < -0.3 is 4.52 Å². The van der Waals surface area contributed by atoms with Crippen LogP contribution in [-0.4, -0.2) is 15.1 Å². The van der Waals surface area contributed by atoms with Crippen LogP contribution in [0.2, 0.25) is 5.15 Å². The fourth-order valence-electron chi connectivity index (χ4n) is 1.16. The Hall–Kier alpha value is -1.42. The number of nitrogens with zero attached hydrogens (tertiary/aromatic N) is 3. The lowest BCUT2D eigenvalue weighted by atomic mass is 9.96. The lowest BCUT2D eigenvalue weighted by molar-refractivity contribution is 0.401. The normalized spacial score (nSPS) is 11.8. The van der Waals surface area contributed by atoms with Crippen LogP contribution in [0, 0.1) is 0 Å². The highest BCUT2D eigenvalue weighted by molar-refractivity contribution is 6.29. The molecule has 0 spiro atoms. The topological polar surface area (TPSA) is 51.8 Å². The molecular formula is C11H12ClN3O. The SMILES string of the molecule is CC(C)(C)c1noc(-c2cccc(Cl)n2)n1. The van der Waals surface area contributed by atoms with E-state index < -0.39 is 0 Å². The van der Waals surface area contributed by atoms with Gasteiger partial charge in [-0.3, -0.25) is 0 Å². The number of halogens is 1. The lowest BCUT2D eigenvalue weighted by Crippen LogP contribution is -2.13. The molecule has 2 aromatic rings. The zero-order chi connectivity index (χ0) is 11.8. The first-order valence-electron chi connectivity index (χ1n) is 4.94. The largest absolute Gasteiger partial charge is 0.332 e. The van der Waals surface area contributed by atoms with Gasteiger partial charge in [-0.05, 0) is 12.1 Å². The summed E-state index contributed by atoms with van der Waals surface area (Å²) in [4.78, 5) is 8.40. The van der Waals surface area contributed by atoms with E-state index in [2.05, 4.69) is 15.1 Å². The molecule has 0 unspecified atom stereocenters. The van der Waals surface area contributed by atoms with Crippen molar-refractivity contribution in [3.05, 3.63) is 29.2 Å². The minimum absolute atomic E-state index is 0.139. The zero-order valence-corrected chi connectivity index (χ0v) is 10.1. The smallest absolute Gasteiger partial charge is 0.276 e. The van der Waals surface area contributed by atoms with Crippen LogP contribution in [0.5, 0.6) is 0 Å². The molecule has 0 saturated carbocycles. The molecule has 0 fully saturated rings. The fraction of sp³-hybridized carbons (Fsp3) is 0.364. The molecule has 0 atom stereocenters. The molecule has 0 radical (unpaired) electrons. The van der Waals surface area contributed by atoms with Crippen molar-refractivity contribution in [2.45, 2.75) is 26.2 Å². The molecule has 0 bridgehead atoms. The van der Waals surface area contributed by atoms with E-state index >= 15 is 0 Å². The van der Waals surface area contributed by atoms with Gasteiger partial charge in [0.1, 0.15) is 10.8 Å². The Morgan fingerprint density at radius 2 is 1.94 bits per heavy atom. The Morgan fingerprint density at radius 1 is 1.19 bits per heavy atom. The molecule has 2 aromatic heterocycles. The van der Waals surface area contributed by atoms with Gasteiger partial charge in [0.2, 0.25) is 0 Å². The van der Waals surface area contributed by atoms with E-state index in [0.29, 0.717) is 22.6 Å². The van der Waals surface area contributed by atoms with Crippen LogP contribution in [-0.2, 0) is 5.41 Å². The Labute approximate surface area is 98.7 Å². The molecule has 0 aliphatic carbocycles. The van der Waals surface area contributed by atoms with Crippen LogP contribution in [0.3, 0.4) is 0 Å². The highest BCUT2D eigenvalue weighted by Gasteiger charge is 2.21. The first-order valence-corrected chi connectivity index (χ1v) is 5.32. The van der Waals surface area contributed by atoms with Crippen molar-refractivity contribution >= 4 is 11.6 Å². The van der Waals surface area contributed by atoms with Crippen molar-refractivity contribution in [1.82, 2.24) is 15.1 Å². The molecule has 0 saturated heterocycles. The van der Waals surface area contributed by atoms with E-state index in [1.54, 1.807) is 18.2 Å². The second-order valence-electron chi connectivity index (χ2n) is 4.52. The van der Waals surface area contributed by atoms with Crippen LogP contribution in [0.4, 0.5) is 0 Å². The van der Waals surface area contributed by atoms with Gasteiger partial charge >= 0.3 is 0 Å². The van der Waals surface area contributed by atoms with Crippen LogP contribution in [0.15, 0.2) is 22.7 Å². The van der Waals surface area contributed by atoms with Gasteiger partial charge in [0.15, 0.2) is 5.82 Å². The van der Waals surface area contributed by atoms with Crippen molar-refractivity contribution in [2.24, 2.45) is 0 Å². The summed E-state index contributed by atoms with van der Waals surface area (Å²) in [5, 5.41) is 4.33. The van der Waals surface area contributed by atoms with Gasteiger partial charge in [-0.15, -0.1) is 0 Å². The maximum atomic E-state index is 5.79. The molecule has 4 nitrogen and oxygen atoms in total. The van der Waals surface area contributed by atoms with Crippen LogP contribution >= 0.6 is 11.6 Å². The highest BCUT2D eigenvalue weighted by atomic mass is 35.5. The summed E-state index contributed by atoms with van der Waals surface area (Å²) in [5.41, 5.74) is 0.454. The molecule has 84 valence electrons. The third kappa shape index (κ3) is 2.22. The second kappa shape index (κ2) is 3.87. The lowest BCUT2D eigenvalue weighted by Gasteiger charge is -2.10. The Kier molecular flexibility index (Phi) is 2.68. The molecule has 0 N–H and O–H groups in total. The van der Waals surface area contributed by atoms with E-state index in [4.69, 9.17) is 16.1 Å². The molecule has 0 aliphatic rings. The van der Waals surface area contributed by atoms with Crippen molar-refractivity contribution in [1.29, 1.82) is 0 Å². The molecular weight excluding hydrogens is 226 g/mol. The second-order valence-corrected chi connectivity index (χ2v) is 4.91. The monoisotopic (exact) mass is 237 g/mol. The van der Waals surface area contributed by atoms with Gasteiger partial charge in [0.05, 0.1) is 0 Å². The minimum atomic E-state index is -0.139. The standard InChI is InChI=1S/C11H12ClN3O/c1-11(2,3)10-14-9(16-15-10)7-5-4-6-8(12)13-7/h4-6H,1-3H3. The summed E-state index contributed by atoms with van der Waals surface area (Å²) in [5.74, 6) is 1.05. The van der Waals surface area contributed by atoms with Gasteiger partial charge in [-0.2, -0.15) is 4.98 Å². The molecule has 0 aliphatic heterocycles. The van der Waals surface area contributed by atoms with Gasteiger partial charge in [0, 0.05) is 5.41 Å². The van der Waals surface area contributed by atoms with Crippen LogP contribution in [0.1, 0.15) is 26.6 Å².